The Labute approximate surface area is 247 Å². The number of ether oxygens (including phenoxy) is 2. The number of piperidine rings is 1. The molecule has 2 fully saturated rings. The molecule has 3 aromatic rings. The molecular formula is C32H32F3N3O5. The number of likely N-dealkylation sites (tertiary alicyclic amines) is 1. The smallest absolute Gasteiger partial charge is 0.416 e. The second-order valence-electron chi connectivity index (χ2n) is 10.7. The first-order chi connectivity index (χ1) is 20.5. The van der Waals surface area contributed by atoms with Crippen molar-refractivity contribution < 1.29 is 37.0 Å². The Kier molecular flexibility index (Phi) is 8.45. The molecule has 2 heterocycles. The van der Waals surface area contributed by atoms with Crippen LogP contribution in [0.4, 0.5) is 13.2 Å². The lowest BCUT2D eigenvalue weighted by Crippen LogP contribution is -2.59. The lowest BCUT2D eigenvalue weighted by Gasteiger charge is -2.44. The van der Waals surface area contributed by atoms with Crippen LogP contribution in [0, 0.1) is 6.92 Å². The van der Waals surface area contributed by atoms with E-state index in [0.29, 0.717) is 30.0 Å². The van der Waals surface area contributed by atoms with Crippen LogP contribution in [-0.2, 0) is 22.3 Å². The maximum absolute atomic E-state index is 14.0. The fraction of sp³-hybridized carbons (Fsp3) is 0.344. The van der Waals surface area contributed by atoms with Crippen molar-refractivity contribution in [3.63, 3.8) is 0 Å². The number of hydrogen-bond acceptors (Lipinski definition) is 5. The molecule has 0 bridgehead atoms. The SMILES string of the molecule is COc1ccc(C(=O)N2[C@@H](C(=O)NCc3cccc(C(F)(F)F)c3)COC23CCN(C(=O)c2ccccc2C)CC3)cc1. The Balaban J connectivity index is 1.36. The predicted octanol–water partition coefficient (Wildman–Crippen LogP) is 4.81. The Bertz CT molecular complexity index is 1500. The second kappa shape index (κ2) is 12.1. The van der Waals surface area contributed by atoms with Gasteiger partial charge in [-0.1, -0.05) is 30.3 Å². The summed E-state index contributed by atoms with van der Waals surface area (Å²) in [5, 5.41) is 2.69. The summed E-state index contributed by atoms with van der Waals surface area (Å²) in [6.45, 7) is 2.23. The van der Waals surface area contributed by atoms with Gasteiger partial charge in [-0.25, -0.2) is 0 Å². The minimum atomic E-state index is -4.51. The number of carbonyl (C=O) groups excluding carboxylic acids is 3. The van der Waals surface area contributed by atoms with Crippen LogP contribution >= 0.6 is 0 Å². The van der Waals surface area contributed by atoms with E-state index in [0.717, 1.165) is 17.7 Å². The average molecular weight is 596 g/mol. The van der Waals surface area contributed by atoms with Crippen LogP contribution in [0.5, 0.6) is 5.75 Å². The fourth-order valence-corrected chi connectivity index (χ4v) is 5.65. The number of aryl methyl sites for hydroxylation is 1. The highest BCUT2D eigenvalue weighted by Crippen LogP contribution is 2.39. The first-order valence-electron chi connectivity index (χ1n) is 13.9. The van der Waals surface area contributed by atoms with Crippen LogP contribution in [0.1, 0.15) is 50.2 Å². The molecule has 1 spiro atoms. The van der Waals surface area contributed by atoms with Crippen molar-refractivity contribution >= 4 is 17.7 Å². The lowest BCUT2D eigenvalue weighted by atomic mass is 9.95. The molecule has 0 unspecified atom stereocenters. The van der Waals surface area contributed by atoms with E-state index in [1.54, 1.807) is 35.2 Å². The predicted molar refractivity (Wildman–Crippen MR) is 151 cm³/mol. The Hall–Kier alpha value is -4.38. The van der Waals surface area contributed by atoms with Crippen molar-refractivity contribution in [2.75, 3.05) is 26.8 Å². The van der Waals surface area contributed by atoms with E-state index < -0.39 is 35.3 Å². The van der Waals surface area contributed by atoms with Gasteiger partial charge in [0.05, 0.1) is 19.3 Å². The van der Waals surface area contributed by atoms with E-state index in [-0.39, 0.29) is 37.5 Å². The zero-order chi connectivity index (χ0) is 30.8. The number of hydrogen-bond donors (Lipinski definition) is 1. The summed E-state index contributed by atoms with van der Waals surface area (Å²) < 4.78 is 51.0. The zero-order valence-corrected chi connectivity index (χ0v) is 23.8. The van der Waals surface area contributed by atoms with E-state index in [1.165, 1.54) is 24.1 Å². The molecule has 0 aromatic heterocycles. The van der Waals surface area contributed by atoms with Gasteiger partial charge in [0.2, 0.25) is 5.91 Å². The van der Waals surface area contributed by atoms with E-state index in [1.807, 2.05) is 25.1 Å². The molecule has 3 aromatic carbocycles. The second-order valence-corrected chi connectivity index (χ2v) is 10.7. The van der Waals surface area contributed by atoms with Crippen LogP contribution in [-0.4, -0.2) is 66.1 Å². The topological polar surface area (TPSA) is 88.2 Å². The van der Waals surface area contributed by atoms with Gasteiger partial charge in [0.1, 0.15) is 17.5 Å². The van der Waals surface area contributed by atoms with Gasteiger partial charge in [-0.3, -0.25) is 19.3 Å². The van der Waals surface area contributed by atoms with Crippen molar-refractivity contribution in [2.24, 2.45) is 0 Å². The molecule has 2 aliphatic heterocycles. The number of nitrogens with one attached hydrogen (secondary N) is 1. The van der Waals surface area contributed by atoms with Crippen molar-refractivity contribution in [2.45, 2.75) is 44.3 Å². The first-order valence-corrected chi connectivity index (χ1v) is 13.9. The number of amides is 3. The van der Waals surface area contributed by atoms with Gasteiger partial charge in [-0.05, 0) is 60.5 Å². The molecule has 1 atom stereocenters. The number of alkyl halides is 3. The highest BCUT2D eigenvalue weighted by molar-refractivity contribution is 5.99. The van der Waals surface area contributed by atoms with Crippen molar-refractivity contribution in [3.8, 4) is 5.75 Å². The minimum Gasteiger partial charge on any atom is -0.497 e. The van der Waals surface area contributed by atoms with Gasteiger partial charge in [-0.15, -0.1) is 0 Å². The molecule has 1 N–H and O–H groups in total. The third-order valence-electron chi connectivity index (χ3n) is 8.05. The third-order valence-corrected chi connectivity index (χ3v) is 8.05. The average Bonchev–Trinajstić information content (AvgIpc) is 3.38. The number of benzene rings is 3. The van der Waals surface area contributed by atoms with E-state index in [9.17, 15) is 27.6 Å². The summed E-state index contributed by atoms with van der Waals surface area (Å²) >= 11 is 0. The first kappa shape index (κ1) is 30.1. The summed E-state index contributed by atoms with van der Waals surface area (Å²) in [7, 11) is 1.51. The van der Waals surface area contributed by atoms with Crippen molar-refractivity contribution in [1.82, 2.24) is 15.1 Å². The number of carbonyl (C=O) groups is 3. The number of nitrogens with zero attached hydrogens (tertiary/aromatic N) is 2. The van der Waals surface area contributed by atoms with Crippen LogP contribution < -0.4 is 10.1 Å². The van der Waals surface area contributed by atoms with Crippen LogP contribution in [0.3, 0.4) is 0 Å². The maximum atomic E-state index is 14.0. The Morgan fingerprint density at radius 1 is 0.977 bits per heavy atom. The fourth-order valence-electron chi connectivity index (χ4n) is 5.65. The normalized spacial score (nSPS) is 18.0. The van der Waals surface area contributed by atoms with Crippen molar-refractivity contribution in [3.05, 3.63) is 101 Å². The molecule has 0 radical (unpaired) electrons. The minimum absolute atomic E-state index is 0.0952. The summed E-state index contributed by atoms with van der Waals surface area (Å²) in [6, 6.07) is 17.5. The summed E-state index contributed by atoms with van der Waals surface area (Å²) in [5.74, 6) is -0.538. The van der Waals surface area contributed by atoms with Gasteiger partial charge >= 0.3 is 6.18 Å². The Morgan fingerprint density at radius 2 is 1.67 bits per heavy atom. The highest BCUT2D eigenvalue weighted by atomic mass is 19.4. The van der Waals surface area contributed by atoms with Crippen LogP contribution in [0.25, 0.3) is 0 Å². The van der Waals surface area contributed by atoms with Crippen LogP contribution in [0.15, 0.2) is 72.8 Å². The zero-order valence-electron chi connectivity index (χ0n) is 23.8. The number of methoxy groups -OCH3 is 1. The monoisotopic (exact) mass is 595 g/mol. The van der Waals surface area contributed by atoms with Gasteiger partial charge in [0.25, 0.3) is 11.8 Å². The summed E-state index contributed by atoms with van der Waals surface area (Å²) in [4.78, 5) is 43.9. The maximum Gasteiger partial charge on any atom is 0.416 e. The van der Waals surface area contributed by atoms with E-state index in [4.69, 9.17) is 9.47 Å². The molecular weight excluding hydrogens is 563 g/mol. The molecule has 0 saturated carbocycles. The molecule has 11 heteroatoms. The molecule has 226 valence electrons. The molecule has 3 amide bonds. The standard InChI is InChI=1S/C32H32F3N3O5/c1-21-6-3-4-9-26(21)30(41)37-16-14-31(15-17-37)38(29(40)23-10-12-25(42-2)13-11-23)27(20-43-31)28(39)36-19-22-7-5-8-24(18-22)32(33,34)35/h3-13,18,27H,14-17,19-20H2,1-2H3,(H,36,39)/t27-/m1/s1. The molecule has 43 heavy (non-hydrogen) atoms. The number of halogens is 3. The van der Waals surface area contributed by atoms with Crippen LogP contribution in [0.2, 0.25) is 0 Å². The lowest BCUT2D eigenvalue weighted by molar-refractivity contribution is -0.137. The molecule has 2 aliphatic rings. The highest BCUT2D eigenvalue weighted by Gasteiger charge is 2.54. The summed E-state index contributed by atoms with van der Waals surface area (Å²) in [5.41, 5.74) is 0.0958. The van der Waals surface area contributed by atoms with Gasteiger partial charge in [0.15, 0.2) is 0 Å². The molecule has 5 rings (SSSR count). The number of rotatable bonds is 6. The third kappa shape index (κ3) is 6.22. The molecule has 0 aliphatic carbocycles. The quantitative estimate of drug-likeness (QED) is 0.442. The molecule has 2 saturated heterocycles. The summed E-state index contributed by atoms with van der Waals surface area (Å²) in [6.07, 6.45) is -3.95. The van der Waals surface area contributed by atoms with Gasteiger partial charge in [-0.2, -0.15) is 13.2 Å². The molecule has 8 nitrogen and oxygen atoms in total. The van der Waals surface area contributed by atoms with Gasteiger partial charge < -0.3 is 19.7 Å². The van der Waals surface area contributed by atoms with Gasteiger partial charge in [0, 0.05) is 43.6 Å². The Morgan fingerprint density at radius 3 is 2.33 bits per heavy atom. The van der Waals surface area contributed by atoms with E-state index >= 15 is 0 Å². The van der Waals surface area contributed by atoms with E-state index in [2.05, 4.69) is 5.32 Å². The van der Waals surface area contributed by atoms with Crippen molar-refractivity contribution in [1.29, 1.82) is 0 Å². The largest absolute Gasteiger partial charge is 0.497 e.